The summed E-state index contributed by atoms with van der Waals surface area (Å²) in [5, 5.41) is 0.468. The van der Waals surface area contributed by atoms with E-state index in [2.05, 4.69) is 4.98 Å². The van der Waals surface area contributed by atoms with Crippen molar-refractivity contribution in [1.29, 1.82) is 0 Å². The molecule has 29 heavy (non-hydrogen) atoms. The topological polar surface area (TPSA) is 75.2 Å². The first kappa shape index (κ1) is 19.7. The zero-order valence-corrected chi connectivity index (χ0v) is 17.9. The number of carbonyl (C=O) groups excluding carboxylic acids is 1. The van der Waals surface area contributed by atoms with Crippen LogP contribution in [-0.2, 0) is 10.8 Å². The number of aryl methyl sites for hydroxylation is 1. The highest BCUT2D eigenvalue weighted by Gasteiger charge is 2.22. The highest BCUT2D eigenvalue weighted by molar-refractivity contribution is 7.85. The predicted octanol–water partition coefficient (Wildman–Crippen LogP) is 2.87. The fourth-order valence-electron chi connectivity index (χ4n) is 3.57. The minimum Gasteiger partial charge on any atom is -0.337 e. The zero-order valence-electron chi connectivity index (χ0n) is 16.2. The van der Waals surface area contributed by atoms with Crippen molar-refractivity contribution in [3.8, 4) is 5.69 Å². The van der Waals surface area contributed by atoms with Gasteiger partial charge in [-0.25, -0.2) is 0 Å². The molecule has 2 heterocycles. The molecular formula is C21H21N3O3S2. The molecule has 6 nitrogen and oxygen atoms in total. The number of fused-ring (bicyclic) bond motifs is 1. The Balaban J connectivity index is 1.79. The molecule has 0 saturated carbocycles. The molecule has 0 radical (unpaired) electrons. The van der Waals surface area contributed by atoms with Crippen molar-refractivity contribution in [2.24, 2.45) is 0 Å². The van der Waals surface area contributed by atoms with Crippen LogP contribution in [0.3, 0.4) is 0 Å². The molecule has 0 atom stereocenters. The van der Waals surface area contributed by atoms with Crippen LogP contribution in [0.25, 0.3) is 16.6 Å². The Morgan fingerprint density at radius 3 is 2.59 bits per heavy atom. The third-order valence-electron chi connectivity index (χ3n) is 5.43. The van der Waals surface area contributed by atoms with Gasteiger partial charge in [0.25, 0.3) is 11.5 Å². The molecule has 150 valence electrons. The number of rotatable bonds is 2. The van der Waals surface area contributed by atoms with Gasteiger partial charge in [-0.2, -0.15) is 0 Å². The van der Waals surface area contributed by atoms with Crippen LogP contribution in [0, 0.1) is 18.6 Å². The first-order valence-corrected chi connectivity index (χ1v) is 11.3. The van der Waals surface area contributed by atoms with Crippen LogP contribution in [0.5, 0.6) is 0 Å². The fourth-order valence-corrected chi connectivity index (χ4v) is 4.91. The third-order valence-corrected chi connectivity index (χ3v) is 6.99. The van der Waals surface area contributed by atoms with Crippen molar-refractivity contribution in [3.63, 3.8) is 0 Å². The van der Waals surface area contributed by atoms with E-state index in [1.165, 1.54) is 4.57 Å². The van der Waals surface area contributed by atoms with Gasteiger partial charge < -0.3 is 9.88 Å². The molecule has 1 aliphatic heterocycles. The van der Waals surface area contributed by atoms with Crippen molar-refractivity contribution >= 4 is 39.8 Å². The molecule has 1 fully saturated rings. The van der Waals surface area contributed by atoms with Gasteiger partial charge in [0.1, 0.15) is 0 Å². The smallest absolute Gasteiger partial charge is 0.266 e. The second kappa shape index (κ2) is 7.68. The number of nitrogens with one attached hydrogen (secondary N) is 1. The normalized spacial score (nSPS) is 15.0. The number of hydrogen-bond acceptors (Lipinski definition) is 4. The molecule has 3 aromatic rings. The van der Waals surface area contributed by atoms with E-state index in [1.54, 1.807) is 23.1 Å². The molecule has 0 bridgehead atoms. The van der Waals surface area contributed by atoms with E-state index < -0.39 is 10.8 Å². The maximum Gasteiger partial charge on any atom is 0.266 e. The van der Waals surface area contributed by atoms with Crippen molar-refractivity contribution in [3.05, 3.63) is 68.2 Å². The van der Waals surface area contributed by atoms with E-state index in [0.717, 1.165) is 16.8 Å². The van der Waals surface area contributed by atoms with Gasteiger partial charge in [-0.3, -0.25) is 18.4 Å². The van der Waals surface area contributed by atoms with Crippen LogP contribution in [0.1, 0.15) is 21.5 Å². The number of aromatic amines is 1. The highest BCUT2D eigenvalue weighted by Crippen LogP contribution is 2.19. The van der Waals surface area contributed by atoms with Gasteiger partial charge in [-0.1, -0.05) is 12.1 Å². The van der Waals surface area contributed by atoms with Gasteiger partial charge in [0.05, 0.1) is 16.6 Å². The molecule has 2 aromatic carbocycles. The van der Waals surface area contributed by atoms with E-state index in [0.29, 0.717) is 41.1 Å². The Morgan fingerprint density at radius 2 is 1.86 bits per heavy atom. The molecule has 1 N–H and O–H groups in total. The van der Waals surface area contributed by atoms with Crippen LogP contribution in [0.15, 0.2) is 41.2 Å². The van der Waals surface area contributed by atoms with Gasteiger partial charge in [0.15, 0.2) is 4.77 Å². The van der Waals surface area contributed by atoms with Gasteiger partial charge in [-0.15, -0.1) is 0 Å². The molecule has 0 spiro atoms. The third kappa shape index (κ3) is 3.58. The van der Waals surface area contributed by atoms with Crippen molar-refractivity contribution < 1.29 is 9.00 Å². The number of aromatic nitrogens is 2. The zero-order chi connectivity index (χ0) is 20.7. The van der Waals surface area contributed by atoms with E-state index in [-0.39, 0.29) is 16.2 Å². The summed E-state index contributed by atoms with van der Waals surface area (Å²) < 4.78 is 13.3. The summed E-state index contributed by atoms with van der Waals surface area (Å²) in [6.07, 6.45) is 0. The molecule has 0 aliphatic carbocycles. The SMILES string of the molecule is Cc1cccc(-n2c(=S)[nH]c3cc(C(=O)N4CCS(=O)CC4)ccc3c2=O)c1C. The van der Waals surface area contributed by atoms with Crippen LogP contribution in [0.4, 0.5) is 0 Å². The standard InChI is InChI=1S/C21H21N3O3S2/c1-13-4-3-5-18(14(13)2)24-20(26)16-7-6-15(12-17(16)22-21(24)28)19(25)23-8-10-29(27)11-9-23/h3-7,12H,8-11H2,1-2H3,(H,22,28). The van der Waals surface area contributed by atoms with Crippen molar-refractivity contribution in [2.45, 2.75) is 13.8 Å². The summed E-state index contributed by atoms with van der Waals surface area (Å²) in [6, 6.07) is 10.8. The minimum atomic E-state index is -0.845. The maximum absolute atomic E-state index is 13.2. The Hall–Kier alpha value is -2.58. The van der Waals surface area contributed by atoms with Gasteiger partial charge in [-0.05, 0) is 61.5 Å². The molecule has 1 aromatic heterocycles. The summed E-state index contributed by atoms with van der Waals surface area (Å²) in [5.41, 5.74) is 3.62. The van der Waals surface area contributed by atoms with Gasteiger partial charge >= 0.3 is 0 Å². The van der Waals surface area contributed by atoms with Crippen LogP contribution < -0.4 is 5.56 Å². The first-order valence-electron chi connectivity index (χ1n) is 9.37. The quantitative estimate of drug-likeness (QED) is 0.638. The minimum absolute atomic E-state index is 0.123. The summed E-state index contributed by atoms with van der Waals surface area (Å²) in [7, 11) is -0.845. The Kier molecular flexibility index (Phi) is 5.23. The van der Waals surface area contributed by atoms with Gasteiger partial charge in [0.2, 0.25) is 0 Å². The van der Waals surface area contributed by atoms with Crippen LogP contribution in [0.2, 0.25) is 0 Å². The van der Waals surface area contributed by atoms with Crippen molar-refractivity contribution in [1.82, 2.24) is 14.5 Å². The van der Waals surface area contributed by atoms with Crippen LogP contribution >= 0.6 is 12.2 Å². The summed E-state index contributed by atoms with van der Waals surface area (Å²) in [5.74, 6) is 0.881. The molecule has 8 heteroatoms. The average Bonchev–Trinajstić information content (AvgIpc) is 2.70. The molecular weight excluding hydrogens is 406 g/mol. The maximum atomic E-state index is 13.2. The molecule has 0 unspecified atom stereocenters. The number of amides is 1. The number of nitrogens with zero attached hydrogens (tertiary/aromatic N) is 2. The summed E-state index contributed by atoms with van der Waals surface area (Å²) in [6.45, 7) is 4.91. The number of H-pyrrole nitrogens is 1. The number of carbonyl (C=O) groups is 1. The second-order valence-electron chi connectivity index (χ2n) is 7.19. The fraction of sp³-hybridized carbons (Fsp3) is 0.286. The molecule has 1 amide bonds. The Labute approximate surface area is 175 Å². The molecule has 1 saturated heterocycles. The number of benzene rings is 2. The predicted molar refractivity (Wildman–Crippen MR) is 118 cm³/mol. The van der Waals surface area contributed by atoms with Crippen molar-refractivity contribution in [2.75, 3.05) is 24.6 Å². The van der Waals surface area contributed by atoms with Crippen LogP contribution in [-0.4, -0.2) is 49.2 Å². The molecule has 4 rings (SSSR count). The van der Waals surface area contributed by atoms with E-state index in [9.17, 15) is 13.8 Å². The Morgan fingerprint density at radius 1 is 1.14 bits per heavy atom. The second-order valence-corrected chi connectivity index (χ2v) is 9.27. The highest BCUT2D eigenvalue weighted by atomic mass is 32.2. The monoisotopic (exact) mass is 427 g/mol. The number of hydrogen-bond donors (Lipinski definition) is 1. The Bertz CT molecular complexity index is 1270. The first-order chi connectivity index (χ1) is 13.9. The lowest BCUT2D eigenvalue weighted by molar-refractivity contribution is 0.0771. The molecule has 1 aliphatic rings. The lowest BCUT2D eigenvalue weighted by Gasteiger charge is -2.26. The van der Waals surface area contributed by atoms with E-state index in [4.69, 9.17) is 12.2 Å². The summed E-state index contributed by atoms with van der Waals surface area (Å²) >= 11 is 5.48. The van der Waals surface area contributed by atoms with E-state index in [1.807, 2.05) is 32.0 Å². The van der Waals surface area contributed by atoms with Gasteiger partial charge in [0, 0.05) is 41.0 Å². The van der Waals surface area contributed by atoms with E-state index >= 15 is 0 Å². The largest absolute Gasteiger partial charge is 0.337 e. The lowest BCUT2D eigenvalue weighted by Crippen LogP contribution is -2.41. The summed E-state index contributed by atoms with van der Waals surface area (Å²) in [4.78, 5) is 30.8. The lowest BCUT2D eigenvalue weighted by atomic mass is 10.1. The average molecular weight is 428 g/mol.